The summed E-state index contributed by atoms with van der Waals surface area (Å²) in [6.07, 6.45) is 21.0. The van der Waals surface area contributed by atoms with E-state index in [2.05, 4.69) is 130 Å². The van der Waals surface area contributed by atoms with E-state index in [4.69, 9.17) is 43.6 Å². The van der Waals surface area contributed by atoms with E-state index in [0.29, 0.717) is 52.9 Å². The molecule has 0 N–H and O–H groups in total. The van der Waals surface area contributed by atoms with Crippen LogP contribution in [-0.4, -0.2) is 186 Å². The molecule has 0 unspecified atom stereocenters. The summed E-state index contributed by atoms with van der Waals surface area (Å²) in [6.45, 7) is 53.8. The predicted molar refractivity (Wildman–Crippen MR) is 341 cm³/mol. The van der Waals surface area contributed by atoms with E-state index < -0.39 is 35.2 Å². The minimum absolute atomic E-state index is 0.649. The van der Waals surface area contributed by atoms with Crippen LogP contribution in [0.15, 0.2) is 0 Å². The van der Waals surface area contributed by atoms with Crippen LogP contribution in [-0.2, 0) is 43.6 Å². The third kappa shape index (κ3) is 39.8. The van der Waals surface area contributed by atoms with Crippen LogP contribution in [0.25, 0.3) is 0 Å². The van der Waals surface area contributed by atoms with Crippen molar-refractivity contribution in [1.29, 1.82) is 0 Å². The van der Waals surface area contributed by atoms with Gasteiger partial charge in [-0.1, -0.05) is 111 Å². The predicted octanol–water partition coefficient (Wildman–Crippen LogP) is 15.2. The minimum atomic E-state index is -3.02. The van der Waals surface area contributed by atoms with Crippen LogP contribution >= 0.6 is 0 Å². The fraction of sp³-hybridized carbons (Fsp3) is 1.00. The molecule has 0 radical (unpaired) electrons. The van der Waals surface area contributed by atoms with Crippen molar-refractivity contribution in [3.8, 4) is 0 Å². The van der Waals surface area contributed by atoms with Crippen molar-refractivity contribution in [3.63, 3.8) is 0 Å². The Labute approximate surface area is 490 Å². The minimum Gasteiger partial charge on any atom is -0.374 e. The molecule has 14 nitrogen and oxygen atoms in total. The molecule has 0 aromatic rings. The molecule has 0 saturated carbocycles. The van der Waals surface area contributed by atoms with Crippen LogP contribution in [0.3, 0.4) is 0 Å². The second-order valence-corrected chi connectivity index (χ2v) is 32.9. The van der Waals surface area contributed by atoms with Crippen molar-refractivity contribution < 1.29 is 43.6 Å². The molecule has 0 atom stereocenters. The van der Waals surface area contributed by atoms with Gasteiger partial charge < -0.3 is 63.2 Å². The summed E-state index contributed by atoms with van der Waals surface area (Å²) in [5.74, 6) is 0. The van der Waals surface area contributed by atoms with Gasteiger partial charge in [-0.05, 0) is 207 Å². The number of hydrogen-bond acceptors (Lipinski definition) is 14. The van der Waals surface area contributed by atoms with E-state index in [1.165, 1.54) is 51.4 Å². The first-order chi connectivity index (χ1) is 37.9. The second-order valence-electron chi connectivity index (χ2n) is 21.5. The smallest absolute Gasteiger partial charge is 0.374 e. The zero-order chi connectivity index (χ0) is 58.5. The van der Waals surface area contributed by atoms with Crippen LogP contribution in [0.5, 0.6) is 0 Å². The van der Waals surface area contributed by atoms with E-state index in [9.17, 15) is 0 Å². The maximum absolute atomic E-state index is 7.19. The lowest BCUT2D eigenvalue weighted by molar-refractivity contribution is 0.0378. The average Bonchev–Trinajstić information content (AvgIpc) is 3.44. The van der Waals surface area contributed by atoms with Gasteiger partial charge in [-0.25, -0.2) is 0 Å². The van der Waals surface area contributed by atoms with Gasteiger partial charge in [-0.3, -0.25) is 0 Å². The summed E-state index contributed by atoms with van der Waals surface area (Å²) in [4.78, 5) is 10.3. The van der Waals surface area contributed by atoms with Crippen molar-refractivity contribution in [2.24, 2.45) is 0 Å². The van der Waals surface area contributed by atoms with Crippen LogP contribution in [0.1, 0.15) is 239 Å². The summed E-state index contributed by atoms with van der Waals surface area (Å²) in [5, 5.41) is 0. The molecule has 0 aliphatic heterocycles. The number of rotatable bonds is 60. The van der Waals surface area contributed by atoms with Gasteiger partial charge >= 0.3 is 35.2 Å². The highest BCUT2D eigenvalue weighted by Crippen LogP contribution is 2.32. The average molecular weight is 1190 g/mol. The highest BCUT2D eigenvalue weighted by atomic mass is 28.5. The Morgan fingerprint density at radius 1 is 0.192 bits per heavy atom. The van der Waals surface area contributed by atoms with E-state index in [-0.39, 0.29) is 0 Å². The third-order valence-corrected chi connectivity index (χ3v) is 27.0. The monoisotopic (exact) mass is 1180 g/mol. The standard InChI is InChI=1S/2C30H68N2O5Si2/c2*1-9-19-31(20-10-2)23-17-29-38(33-25-13-5,34-26-14-6)37-39(35-27-15-7,36-28-16-8)30-18-24-32(21-11-3)22-12-4/h2*9-30H2,1-8H3. The van der Waals surface area contributed by atoms with Crippen molar-refractivity contribution in [2.75, 3.05) is 131 Å². The molecule has 18 heteroatoms. The van der Waals surface area contributed by atoms with E-state index in [1.54, 1.807) is 0 Å². The number of nitrogens with zero attached hydrogens (tertiary/aromatic N) is 4. The SMILES string of the molecule is CCCO[Si](CCCN(CCC)CCC)(OCCC)O[Si](CCCN(CCC)CCC)(OCCC)OCCC.CCCO[Si](CCCN(CCC)CCC)(OCCC)O[Si](CCCN(CCC)CCC)(OCCC)OCCC. The Bertz CT molecular complexity index is 1010. The van der Waals surface area contributed by atoms with Crippen LogP contribution < -0.4 is 0 Å². The summed E-state index contributed by atoms with van der Waals surface area (Å²) in [6, 6.07) is 3.26. The molecular weight excluding hydrogens is 1050 g/mol. The lowest BCUT2D eigenvalue weighted by atomic mass is 10.3. The Balaban J connectivity index is 0. The molecule has 472 valence electrons. The Hall–Kier alpha value is 0.308. The van der Waals surface area contributed by atoms with Crippen LogP contribution in [0.4, 0.5) is 0 Å². The van der Waals surface area contributed by atoms with Crippen LogP contribution in [0, 0.1) is 0 Å². The molecule has 0 bridgehead atoms. The van der Waals surface area contributed by atoms with Gasteiger partial charge in [0.1, 0.15) is 0 Å². The molecule has 0 amide bonds. The van der Waals surface area contributed by atoms with Crippen molar-refractivity contribution >= 4 is 35.2 Å². The molecule has 0 aromatic heterocycles. The molecule has 0 fully saturated rings. The quantitative estimate of drug-likeness (QED) is 0.0540. The molecular formula is C60H136N4O10Si4. The Kier molecular flexibility index (Phi) is 56.9. The first-order valence-electron chi connectivity index (χ1n) is 33.3. The van der Waals surface area contributed by atoms with Crippen LogP contribution in [0.2, 0.25) is 24.2 Å². The van der Waals surface area contributed by atoms with Gasteiger partial charge in [-0.2, -0.15) is 0 Å². The Morgan fingerprint density at radius 2 is 0.333 bits per heavy atom. The second kappa shape index (κ2) is 55.2. The van der Waals surface area contributed by atoms with E-state index in [1.807, 2.05) is 0 Å². The highest BCUT2D eigenvalue weighted by molar-refractivity contribution is 6.75. The first kappa shape index (κ1) is 80.4. The third-order valence-electron chi connectivity index (χ3n) is 13.0. The van der Waals surface area contributed by atoms with Gasteiger partial charge in [0.2, 0.25) is 0 Å². The molecule has 0 aliphatic carbocycles. The Morgan fingerprint density at radius 3 is 0.449 bits per heavy atom. The largest absolute Gasteiger partial charge is 0.493 e. The summed E-state index contributed by atoms with van der Waals surface area (Å²) in [5.41, 5.74) is 0. The molecule has 0 saturated heterocycles. The first-order valence-corrected chi connectivity index (χ1v) is 41.0. The molecule has 0 aromatic carbocycles. The maximum atomic E-state index is 7.19. The van der Waals surface area contributed by atoms with Crippen molar-refractivity contribution in [1.82, 2.24) is 19.6 Å². The molecule has 0 spiro atoms. The maximum Gasteiger partial charge on any atom is 0.493 e. The summed E-state index contributed by atoms with van der Waals surface area (Å²) >= 11 is 0. The normalized spacial score (nSPS) is 12.8. The molecule has 0 rings (SSSR count). The lowest BCUT2D eigenvalue weighted by Crippen LogP contribution is -2.59. The topological polar surface area (TPSA) is 105 Å². The van der Waals surface area contributed by atoms with E-state index >= 15 is 0 Å². The van der Waals surface area contributed by atoms with Gasteiger partial charge in [0.05, 0.1) is 0 Å². The summed E-state index contributed by atoms with van der Waals surface area (Å²) < 4.78 is 67.5. The van der Waals surface area contributed by atoms with Gasteiger partial charge in [0, 0.05) is 77.0 Å². The lowest BCUT2D eigenvalue weighted by Gasteiger charge is -2.39. The molecule has 0 heterocycles. The van der Waals surface area contributed by atoms with Gasteiger partial charge in [0.15, 0.2) is 0 Å². The van der Waals surface area contributed by atoms with E-state index in [0.717, 1.165) is 180 Å². The zero-order valence-corrected chi connectivity index (χ0v) is 59.0. The fourth-order valence-corrected chi connectivity index (χ4v) is 24.9. The summed E-state index contributed by atoms with van der Waals surface area (Å²) in [7, 11) is -12.1. The van der Waals surface area contributed by atoms with Gasteiger partial charge in [0.25, 0.3) is 0 Å². The fourth-order valence-electron chi connectivity index (χ4n) is 9.67. The zero-order valence-electron chi connectivity index (χ0n) is 55.0. The van der Waals surface area contributed by atoms with Gasteiger partial charge in [-0.15, -0.1) is 0 Å². The van der Waals surface area contributed by atoms with Crippen molar-refractivity contribution in [2.45, 2.75) is 263 Å². The molecule has 78 heavy (non-hydrogen) atoms. The highest BCUT2D eigenvalue weighted by Gasteiger charge is 2.55. The molecule has 0 aliphatic rings. The van der Waals surface area contributed by atoms with Crippen molar-refractivity contribution in [3.05, 3.63) is 0 Å². The number of hydrogen-bond donors (Lipinski definition) is 0.